The van der Waals surface area contributed by atoms with Crippen molar-refractivity contribution in [3.05, 3.63) is 24.3 Å². The minimum absolute atomic E-state index is 0.00741. The summed E-state index contributed by atoms with van der Waals surface area (Å²) in [5, 5.41) is 2.89. The molecule has 106 valence electrons. The molecule has 4 heteroatoms. The summed E-state index contributed by atoms with van der Waals surface area (Å²) < 4.78 is 5.21. The van der Waals surface area contributed by atoms with E-state index in [0.717, 1.165) is 18.8 Å². The maximum Gasteiger partial charge on any atom is 0.238 e. The topological polar surface area (TPSA) is 41.6 Å². The summed E-state index contributed by atoms with van der Waals surface area (Å²) >= 11 is 0. The van der Waals surface area contributed by atoms with Gasteiger partial charge in [0.1, 0.15) is 5.75 Å². The third-order valence-corrected chi connectivity index (χ3v) is 2.82. The number of carbonyl (C=O) groups is 1. The Morgan fingerprint density at radius 2 is 2.05 bits per heavy atom. The lowest BCUT2D eigenvalue weighted by molar-refractivity contribution is -0.117. The summed E-state index contributed by atoms with van der Waals surface area (Å²) in [5.41, 5.74) is 0.718. The number of likely N-dealkylation sites (N-methyl/N-ethyl adjacent to an activating group) is 1. The number of benzene rings is 1. The number of anilines is 1. The van der Waals surface area contributed by atoms with Crippen molar-refractivity contribution in [2.75, 3.05) is 32.1 Å². The fraction of sp³-hybridized carbons (Fsp3) is 0.533. The van der Waals surface area contributed by atoms with Crippen LogP contribution in [0.5, 0.6) is 5.75 Å². The minimum Gasteiger partial charge on any atom is -0.495 e. The fourth-order valence-corrected chi connectivity index (χ4v) is 1.96. The van der Waals surface area contributed by atoms with Crippen LogP contribution in [0.4, 0.5) is 5.69 Å². The molecule has 4 nitrogen and oxygen atoms in total. The van der Waals surface area contributed by atoms with Gasteiger partial charge >= 0.3 is 0 Å². The number of nitrogens with zero attached hydrogens (tertiary/aromatic N) is 1. The molecule has 0 heterocycles. The van der Waals surface area contributed by atoms with E-state index in [1.54, 1.807) is 7.11 Å². The van der Waals surface area contributed by atoms with Crippen LogP contribution in [0.2, 0.25) is 0 Å². The Balaban J connectivity index is 2.59. The summed E-state index contributed by atoms with van der Waals surface area (Å²) in [6.07, 6.45) is 0. The van der Waals surface area contributed by atoms with Crippen molar-refractivity contribution in [1.82, 2.24) is 4.90 Å². The normalized spacial score (nSPS) is 10.8. The first-order valence-electron chi connectivity index (χ1n) is 6.72. The third kappa shape index (κ3) is 5.30. The van der Waals surface area contributed by atoms with E-state index in [9.17, 15) is 4.79 Å². The molecule has 1 rings (SSSR count). The van der Waals surface area contributed by atoms with Gasteiger partial charge in [0, 0.05) is 6.54 Å². The van der Waals surface area contributed by atoms with E-state index in [1.165, 1.54) is 0 Å². The van der Waals surface area contributed by atoms with Gasteiger partial charge in [-0.3, -0.25) is 9.69 Å². The molecule has 0 aliphatic heterocycles. The Labute approximate surface area is 115 Å². The molecule has 1 amide bonds. The Hall–Kier alpha value is -1.55. The Morgan fingerprint density at radius 3 is 2.63 bits per heavy atom. The largest absolute Gasteiger partial charge is 0.495 e. The number of amides is 1. The maximum atomic E-state index is 12.0. The van der Waals surface area contributed by atoms with Crippen LogP contribution in [0, 0.1) is 5.92 Å². The maximum absolute atomic E-state index is 12.0. The van der Waals surface area contributed by atoms with Crippen LogP contribution < -0.4 is 10.1 Å². The zero-order chi connectivity index (χ0) is 14.3. The van der Waals surface area contributed by atoms with Crippen molar-refractivity contribution in [2.24, 2.45) is 5.92 Å². The first-order valence-corrected chi connectivity index (χ1v) is 6.72. The van der Waals surface area contributed by atoms with E-state index >= 15 is 0 Å². The van der Waals surface area contributed by atoms with Crippen molar-refractivity contribution in [1.29, 1.82) is 0 Å². The zero-order valence-corrected chi connectivity index (χ0v) is 12.3. The standard InChI is InChI=1S/C15H24N2O2/c1-5-17(10-12(2)3)11-15(18)16-13-8-6-7-9-14(13)19-4/h6-9,12H,5,10-11H2,1-4H3,(H,16,18). The van der Waals surface area contributed by atoms with Gasteiger partial charge in [-0.25, -0.2) is 0 Å². The number of nitrogens with one attached hydrogen (secondary N) is 1. The highest BCUT2D eigenvalue weighted by Crippen LogP contribution is 2.22. The molecular formula is C15H24N2O2. The van der Waals surface area contributed by atoms with Gasteiger partial charge in [0.05, 0.1) is 19.3 Å². The summed E-state index contributed by atoms with van der Waals surface area (Å²) in [6.45, 7) is 8.58. The molecule has 0 radical (unpaired) electrons. The van der Waals surface area contributed by atoms with E-state index in [4.69, 9.17) is 4.74 Å². The van der Waals surface area contributed by atoms with Gasteiger partial charge in [-0.05, 0) is 24.6 Å². The molecule has 0 aliphatic carbocycles. The highest BCUT2D eigenvalue weighted by atomic mass is 16.5. The van der Waals surface area contributed by atoms with Crippen molar-refractivity contribution in [3.63, 3.8) is 0 Å². The molecule has 0 spiro atoms. The third-order valence-electron chi connectivity index (χ3n) is 2.82. The fourth-order valence-electron chi connectivity index (χ4n) is 1.96. The number of hydrogen-bond acceptors (Lipinski definition) is 3. The van der Waals surface area contributed by atoms with Crippen LogP contribution in [0.25, 0.3) is 0 Å². The summed E-state index contributed by atoms with van der Waals surface area (Å²) in [7, 11) is 1.60. The van der Waals surface area contributed by atoms with Gasteiger partial charge in [0.15, 0.2) is 0 Å². The van der Waals surface area contributed by atoms with Gasteiger partial charge in [0.25, 0.3) is 0 Å². The van der Waals surface area contributed by atoms with E-state index in [2.05, 4.69) is 31.0 Å². The molecule has 0 saturated carbocycles. The predicted octanol–water partition coefficient (Wildman–Crippen LogP) is 2.61. The molecule has 0 bridgehead atoms. The Kier molecular flexibility index (Phi) is 6.36. The van der Waals surface area contributed by atoms with Crippen LogP contribution in [0.15, 0.2) is 24.3 Å². The molecule has 1 N–H and O–H groups in total. The molecule has 0 saturated heterocycles. The Morgan fingerprint density at radius 1 is 1.37 bits per heavy atom. The average Bonchev–Trinajstić information content (AvgIpc) is 2.38. The van der Waals surface area contributed by atoms with Crippen LogP contribution in [-0.4, -0.2) is 37.6 Å². The van der Waals surface area contributed by atoms with Crippen LogP contribution in [-0.2, 0) is 4.79 Å². The number of methoxy groups -OCH3 is 1. The monoisotopic (exact) mass is 264 g/mol. The number of rotatable bonds is 7. The van der Waals surface area contributed by atoms with Gasteiger partial charge in [-0.15, -0.1) is 0 Å². The van der Waals surface area contributed by atoms with Crippen molar-refractivity contribution in [2.45, 2.75) is 20.8 Å². The second-order valence-corrected chi connectivity index (χ2v) is 4.97. The van der Waals surface area contributed by atoms with Gasteiger partial charge in [0.2, 0.25) is 5.91 Å². The van der Waals surface area contributed by atoms with Crippen molar-refractivity contribution >= 4 is 11.6 Å². The van der Waals surface area contributed by atoms with Crippen LogP contribution >= 0.6 is 0 Å². The molecule has 0 aliphatic rings. The summed E-state index contributed by atoms with van der Waals surface area (Å²) in [6, 6.07) is 7.44. The lowest BCUT2D eigenvalue weighted by Crippen LogP contribution is -2.35. The molecule has 0 fully saturated rings. The smallest absolute Gasteiger partial charge is 0.238 e. The molecule has 19 heavy (non-hydrogen) atoms. The lowest BCUT2D eigenvalue weighted by Gasteiger charge is -2.22. The average molecular weight is 264 g/mol. The molecule has 0 aromatic heterocycles. The molecule has 1 aromatic rings. The quantitative estimate of drug-likeness (QED) is 0.823. The second kappa shape index (κ2) is 7.79. The predicted molar refractivity (Wildman–Crippen MR) is 78.6 cm³/mol. The SMILES string of the molecule is CCN(CC(=O)Nc1ccccc1OC)CC(C)C. The number of ether oxygens (including phenoxy) is 1. The number of para-hydroxylation sites is 2. The van der Waals surface area contributed by atoms with Gasteiger partial charge in [-0.1, -0.05) is 32.9 Å². The van der Waals surface area contributed by atoms with E-state index < -0.39 is 0 Å². The minimum atomic E-state index is -0.00741. The van der Waals surface area contributed by atoms with Crippen LogP contribution in [0.1, 0.15) is 20.8 Å². The van der Waals surface area contributed by atoms with Crippen LogP contribution in [0.3, 0.4) is 0 Å². The second-order valence-electron chi connectivity index (χ2n) is 4.97. The Bertz CT molecular complexity index is 405. The molecular weight excluding hydrogens is 240 g/mol. The molecule has 1 aromatic carbocycles. The zero-order valence-electron chi connectivity index (χ0n) is 12.3. The van der Waals surface area contributed by atoms with Crippen molar-refractivity contribution in [3.8, 4) is 5.75 Å². The van der Waals surface area contributed by atoms with Gasteiger partial charge in [-0.2, -0.15) is 0 Å². The highest BCUT2D eigenvalue weighted by molar-refractivity contribution is 5.93. The van der Waals surface area contributed by atoms with E-state index in [1.807, 2.05) is 24.3 Å². The first kappa shape index (κ1) is 15.5. The van der Waals surface area contributed by atoms with Gasteiger partial charge < -0.3 is 10.1 Å². The number of carbonyl (C=O) groups excluding carboxylic acids is 1. The molecule has 0 unspecified atom stereocenters. The summed E-state index contributed by atoms with van der Waals surface area (Å²) in [4.78, 5) is 14.2. The van der Waals surface area contributed by atoms with E-state index in [-0.39, 0.29) is 5.91 Å². The van der Waals surface area contributed by atoms with E-state index in [0.29, 0.717) is 18.2 Å². The number of hydrogen-bond donors (Lipinski definition) is 1. The highest BCUT2D eigenvalue weighted by Gasteiger charge is 2.12. The van der Waals surface area contributed by atoms with Crippen molar-refractivity contribution < 1.29 is 9.53 Å². The summed E-state index contributed by atoms with van der Waals surface area (Å²) in [5.74, 6) is 1.23. The first-order chi connectivity index (χ1) is 9.06. The molecule has 0 atom stereocenters. The lowest BCUT2D eigenvalue weighted by atomic mass is 10.2.